The van der Waals surface area contributed by atoms with Gasteiger partial charge in [-0.3, -0.25) is 14.4 Å². The molecule has 3 amide bonds. The molecule has 0 bridgehead atoms. The Hall–Kier alpha value is -2.11. The average molecular weight is 918 g/mol. The first-order valence-electron chi connectivity index (χ1n) is 15.7. The van der Waals surface area contributed by atoms with Crippen molar-refractivity contribution in [2.75, 3.05) is 58.3 Å². The molecule has 0 aliphatic rings. The molecule has 2 rings (SSSR count). The van der Waals surface area contributed by atoms with Crippen LogP contribution >= 0.6 is 47.8 Å². The second-order valence-corrected chi connectivity index (χ2v) is 13.7. The molecule has 0 aromatic heterocycles. The number of halogens is 3. The highest BCUT2D eigenvalue weighted by Crippen LogP contribution is 2.44. The summed E-state index contributed by atoms with van der Waals surface area (Å²) in [6.07, 6.45) is -10.1. The zero-order chi connectivity index (χ0) is 38.6. The molecular formula is C32H44Br3N3O13. The largest absolute Gasteiger partial charge is 0.388 e. The number of nitrogens with zero attached hydrogens (tertiary/aromatic N) is 2. The fraction of sp³-hybridized carbons (Fsp3) is 0.531. The van der Waals surface area contributed by atoms with E-state index in [4.69, 9.17) is 10.2 Å². The summed E-state index contributed by atoms with van der Waals surface area (Å²) in [5.41, 5.74) is 0.773. The van der Waals surface area contributed by atoms with Crippen LogP contribution in [0.3, 0.4) is 0 Å². The Morgan fingerprint density at radius 2 is 1.08 bits per heavy atom. The molecule has 0 fully saturated rings. The second-order valence-electron chi connectivity index (χ2n) is 11.3. The first kappa shape index (κ1) is 45.0. The van der Waals surface area contributed by atoms with E-state index in [1.54, 1.807) is 38.1 Å². The van der Waals surface area contributed by atoms with Gasteiger partial charge in [-0.2, -0.15) is 0 Å². The molecule has 0 saturated heterocycles. The lowest BCUT2D eigenvalue weighted by molar-refractivity contribution is -0.111. The Bertz CT molecular complexity index is 1400. The minimum atomic E-state index is -1.77. The number of nitrogens with one attached hydrogen (secondary N) is 1. The van der Waals surface area contributed by atoms with E-state index in [9.17, 15) is 45.0 Å². The van der Waals surface area contributed by atoms with E-state index in [-0.39, 0.29) is 48.9 Å². The van der Waals surface area contributed by atoms with Crippen molar-refractivity contribution in [1.82, 2.24) is 9.80 Å². The number of anilines is 1. The number of rotatable bonds is 20. The Morgan fingerprint density at radius 1 is 0.686 bits per heavy atom. The summed E-state index contributed by atoms with van der Waals surface area (Å²) in [7, 11) is 0. The monoisotopic (exact) mass is 915 g/mol. The molecule has 0 aliphatic carbocycles. The third-order valence-electron chi connectivity index (χ3n) is 7.79. The lowest BCUT2D eigenvalue weighted by Gasteiger charge is -2.31. The number of carbonyl (C=O) groups is 3. The van der Waals surface area contributed by atoms with Crippen molar-refractivity contribution in [2.45, 2.75) is 57.4 Å². The number of likely N-dealkylation sites (N-methyl/N-ethyl adjacent to an activating group) is 2. The Balaban J connectivity index is 2.65. The highest BCUT2D eigenvalue weighted by atomic mass is 79.9. The van der Waals surface area contributed by atoms with Crippen LogP contribution in [0.4, 0.5) is 5.69 Å². The van der Waals surface area contributed by atoms with Crippen LogP contribution in [0.25, 0.3) is 0 Å². The molecule has 6 unspecified atom stereocenters. The number of ether oxygens (including phenoxy) is 2. The van der Waals surface area contributed by atoms with Gasteiger partial charge < -0.3 is 65.4 Å². The summed E-state index contributed by atoms with van der Waals surface area (Å²) in [6.45, 7) is 1.51. The van der Waals surface area contributed by atoms with Crippen molar-refractivity contribution in [3.05, 3.63) is 59.9 Å². The first-order valence-corrected chi connectivity index (χ1v) is 18.1. The number of carbonyl (C=O) groups excluding carboxylic acids is 3. The molecule has 51 heavy (non-hydrogen) atoms. The van der Waals surface area contributed by atoms with Crippen LogP contribution in [0.1, 0.15) is 50.5 Å². The van der Waals surface area contributed by atoms with Crippen molar-refractivity contribution < 1.29 is 64.7 Å². The summed E-state index contributed by atoms with van der Waals surface area (Å²) < 4.78 is 9.34. The zero-order valence-corrected chi connectivity index (χ0v) is 32.8. The molecule has 0 heterocycles. The summed E-state index contributed by atoms with van der Waals surface area (Å²) >= 11 is 10.2. The van der Waals surface area contributed by atoms with Crippen LogP contribution in [0.5, 0.6) is 0 Å². The van der Waals surface area contributed by atoms with Crippen molar-refractivity contribution in [3.63, 3.8) is 0 Å². The first-order chi connectivity index (χ1) is 24.0. The van der Waals surface area contributed by atoms with E-state index >= 15 is 0 Å². The van der Waals surface area contributed by atoms with Crippen molar-refractivity contribution in [3.8, 4) is 0 Å². The predicted molar refractivity (Wildman–Crippen MR) is 194 cm³/mol. The van der Waals surface area contributed by atoms with Gasteiger partial charge in [0.05, 0.1) is 39.0 Å². The number of aryl methyl sites for hydroxylation is 1. The number of aliphatic hydroxyl groups excluding tert-OH is 8. The quantitative estimate of drug-likeness (QED) is 0.0826. The smallest absolute Gasteiger partial charge is 0.256 e. The maximum atomic E-state index is 14.2. The van der Waals surface area contributed by atoms with Gasteiger partial charge >= 0.3 is 0 Å². The van der Waals surface area contributed by atoms with Crippen LogP contribution in [0.15, 0.2) is 37.7 Å². The summed E-state index contributed by atoms with van der Waals surface area (Å²) in [5, 5.41) is 82.9. The molecule has 0 radical (unpaired) electrons. The number of benzene rings is 2. The Labute approximate surface area is 320 Å². The Morgan fingerprint density at radius 3 is 1.43 bits per heavy atom. The van der Waals surface area contributed by atoms with E-state index in [0.717, 1.165) is 15.4 Å². The number of hydrogen-bond acceptors (Lipinski definition) is 13. The molecule has 0 saturated carbocycles. The molecule has 16 nitrogen and oxygen atoms in total. The van der Waals surface area contributed by atoms with Crippen LogP contribution in [-0.4, -0.2) is 158 Å². The third kappa shape index (κ3) is 11.9. The SMILES string of the molecule is CCN(CC(O)C(O)C(O)COCO)C(=O)c1c(Br)c(NC(=O)c2ccc(C)cc2)c(Br)c(C(=O)N(CC)CC(O)C(O)C(O)COCO)c1Br. The molecule has 9 N–H and O–H groups in total. The van der Waals surface area contributed by atoms with Crippen molar-refractivity contribution >= 4 is 71.2 Å². The topological polar surface area (TPSA) is 250 Å². The van der Waals surface area contributed by atoms with Crippen LogP contribution < -0.4 is 5.32 Å². The van der Waals surface area contributed by atoms with E-state index in [1.807, 2.05) is 6.92 Å². The maximum Gasteiger partial charge on any atom is 0.256 e. The van der Waals surface area contributed by atoms with Gasteiger partial charge in [0, 0.05) is 36.2 Å². The molecule has 19 heteroatoms. The van der Waals surface area contributed by atoms with E-state index in [0.29, 0.717) is 0 Å². The van der Waals surface area contributed by atoms with E-state index in [2.05, 4.69) is 62.6 Å². The molecule has 286 valence electrons. The minimum Gasteiger partial charge on any atom is -0.388 e. The number of amides is 3. The zero-order valence-electron chi connectivity index (χ0n) is 28.1. The van der Waals surface area contributed by atoms with Crippen molar-refractivity contribution in [1.29, 1.82) is 0 Å². The van der Waals surface area contributed by atoms with Gasteiger partial charge in [-0.05, 0) is 80.7 Å². The van der Waals surface area contributed by atoms with Crippen LogP contribution in [-0.2, 0) is 9.47 Å². The van der Waals surface area contributed by atoms with Gasteiger partial charge in [0.15, 0.2) is 0 Å². The van der Waals surface area contributed by atoms with Gasteiger partial charge in [-0.25, -0.2) is 0 Å². The fourth-order valence-corrected chi connectivity index (χ4v) is 7.66. The highest BCUT2D eigenvalue weighted by molar-refractivity contribution is 9.11. The van der Waals surface area contributed by atoms with Gasteiger partial charge in [0.1, 0.15) is 50.2 Å². The van der Waals surface area contributed by atoms with Gasteiger partial charge in [0.2, 0.25) is 0 Å². The number of aliphatic hydroxyl groups is 8. The number of hydrogen-bond donors (Lipinski definition) is 9. The van der Waals surface area contributed by atoms with Gasteiger partial charge in [-0.1, -0.05) is 17.7 Å². The normalized spacial score (nSPS) is 15.0. The lowest BCUT2D eigenvalue weighted by Crippen LogP contribution is -2.48. The Kier molecular flexibility index (Phi) is 19.0. The van der Waals surface area contributed by atoms with Crippen LogP contribution in [0, 0.1) is 6.92 Å². The molecule has 2 aromatic rings. The standard InChI is InChI=1S/C32H44Br3N3O13/c1-4-37(10-18(41)28(45)20(43)12-50-14-39)31(48)22-24(33)23(32(49)38(5-2)11-19(42)29(46)21(44)13-51-15-40)26(35)27(25(22)34)36-30(47)17-8-6-16(3)7-9-17/h6-9,18-21,28-29,39-46H,4-5,10-15H2,1-3H3,(H,36,47). The maximum absolute atomic E-state index is 14.2. The molecule has 0 aliphatic heterocycles. The fourth-order valence-electron chi connectivity index (χ4n) is 4.79. The molecule has 0 spiro atoms. The third-order valence-corrected chi connectivity index (χ3v) is 10.2. The molecular weight excluding hydrogens is 874 g/mol. The lowest BCUT2D eigenvalue weighted by atomic mass is 10.0. The highest BCUT2D eigenvalue weighted by Gasteiger charge is 2.35. The predicted octanol–water partition coefficient (Wildman–Crippen LogP) is 0.557. The summed E-state index contributed by atoms with van der Waals surface area (Å²) in [6, 6.07) is 6.62. The summed E-state index contributed by atoms with van der Waals surface area (Å²) in [5.74, 6) is -2.14. The van der Waals surface area contributed by atoms with Gasteiger partial charge in [0.25, 0.3) is 17.7 Å². The van der Waals surface area contributed by atoms with Crippen molar-refractivity contribution in [2.24, 2.45) is 0 Å². The van der Waals surface area contributed by atoms with E-state index < -0.39 is 94.2 Å². The van der Waals surface area contributed by atoms with Crippen LogP contribution in [0.2, 0.25) is 0 Å². The van der Waals surface area contributed by atoms with E-state index in [1.165, 1.54) is 0 Å². The van der Waals surface area contributed by atoms with Gasteiger partial charge in [-0.15, -0.1) is 0 Å². The average Bonchev–Trinajstić information content (AvgIpc) is 3.11. The molecule has 2 aromatic carbocycles. The summed E-state index contributed by atoms with van der Waals surface area (Å²) in [4.78, 5) is 44.0. The second kappa shape index (κ2) is 21.6. The molecule has 6 atom stereocenters. The minimum absolute atomic E-state index is 0.0252.